The summed E-state index contributed by atoms with van der Waals surface area (Å²) < 4.78 is 4.65. The van der Waals surface area contributed by atoms with Crippen molar-refractivity contribution in [2.24, 2.45) is 5.92 Å². The van der Waals surface area contributed by atoms with Crippen molar-refractivity contribution in [3.8, 4) is 12.1 Å². The minimum absolute atomic E-state index is 0.367. The Kier molecular flexibility index (Phi) is 2.57. The SMILES string of the molecule is COC(=O)C1CC1(C#N)c1cccc(C#N)c1. The van der Waals surface area contributed by atoms with Gasteiger partial charge in [0, 0.05) is 0 Å². The maximum absolute atomic E-state index is 11.4. The molecular weight excluding hydrogens is 216 g/mol. The molecule has 1 aromatic carbocycles. The van der Waals surface area contributed by atoms with Crippen molar-refractivity contribution >= 4 is 5.97 Å². The fourth-order valence-corrected chi connectivity index (χ4v) is 2.06. The standard InChI is InChI=1S/C13H10N2O2/c1-17-12(16)11-6-13(11,8-15)10-4-2-3-9(5-10)7-14/h2-5,11H,6H2,1H3. The second-order valence-electron chi connectivity index (χ2n) is 4.06. The lowest BCUT2D eigenvalue weighted by molar-refractivity contribution is -0.142. The predicted molar refractivity (Wildman–Crippen MR) is 58.6 cm³/mol. The zero-order chi connectivity index (χ0) is 12.5. The highest BCUT2D eigenvalue weighted by atomic mass is 16.5. The highest BCUT2D eigenvalue weighted by molar-refractivity contribution is 5.80. The number of methoxy groups -OCH3 is 1. The average molecular weight is 226 g/mol. The third kappa shape index (κ3) is 1.64. The Labute approximate surface area is 99.0 Å². The minimum Gasteiger partial charge on any atom is -0.469 e. The number of carbonyl (C=O) groups excluding carboxylic acids is 1. The largest absolute Gasteiger partial charge is 0.469 e. The van der Waals surface area contributed by atoms with E-state index < -0.39 is 11.3 Å². The number of carbonyl (C=O) groups is 1. The predicted octanol–water partition coefficient (Wildman–Crippen LogP) is 1.51. The van der Waals surface area contributed by atoms with Crippen LogP contribution in [0.2, 0.25) is 0 Å². The van der Waals surface area contributed by atoms with Crippen LogP contribution in [0.15, 0.2) is 24.3 Å². The molecule has 0 radical (unpaired) electrons. The summed E-state index contributed by atoms with van der Waals surface area (Å²) in [4.78, 5) is 11.4. The molecule has 0 bridgehead atoms. The van der Waals surface area contributed by atoms with E-state index in [9.17, 15) is 10.1 Å². The number of nitrogens with zero attached hydrogens (tertiary/aromatic N) is 2. The quantitative estimate of drug-likeness (QED) is 0.716. The summed E-state index contributed by atoms with van der Waals surface area (Å²) in [5, 5.41) is 18.1. The molecule has 0 amide bonds. The second kappa shape index (κ2) is 3.92. The Morgan fingerprint density at radius 3 is 2.88 bits per heavy atom. The van der Waals surface area contributed by atoms with Gasteiger partial charge in [-0.3, -0.25) is 4.79 Å². The number of benzene rings is 1. The molecule has 0 N–H and O–H groups in total. The van der Waals surface area contributed by atoms with E-state index in [-0.39, 0.29) is 5.97 Å². The lowest BCUT2D eigenvalue weighted by atomic mass is 9.93. The van der Waals surface area contributed by atoms with Crippen LogP contribution in [0, 0.1) is 28.6 Å². The van der Waals surface area contributed by atoms with Crippen molar-refractivity contribution in [1.29, 1.82) is 10.5 Å². The molecule has 1 aliphatic carbocycles. The van der Waals surface area contributed by atoms with Gasteiger partial charge >= 0.3 is 5.97 Å². The van der Waals surface area contributed by atoms with Crippen molar-refractivity contribution < 1.29 is 9.53 Å². The lowest BCUT2D eigenvalue weighted by Crippen LogP contribution is -2.14. The van der Waals surface area contributed by atoms with Gasteiger partial charge in [0.1, 0.15) is 0 Å². The molecule has 1 aliphatic rings. The molecule has 1 aromatic rings. The molecule has 2 unspecified atom stereocenters. The summed E-state index contributed by atoms with van der Waals surface area (Å²) in [6.45, 7) is 0. The molecule has 0 saturated heterocycles. The van der Waals surface area contributed by atoms with Crippen LogP contribution in [0.5, 0.6) is 0 Å². The molecule has 2 rings (SSSR count). The van der Waals surface area contributed by atoms with Crippen molar-refractivity contribution in [2.45, 2.75) is 11.8 Å². The Hall–Kier alpha value is -2.33. The summed E-state index contributed by atoms with van der Waals surface area (Å²) >= 11 is 0. The van der Waals surface area contributed by atoms with Crippen LogP contribution in [-0.4, -0.2) is 13.1 Å². The number of hydrogen-bond acceptors (Lipinski definition) is 4. The van der Waals surface area contributed by atoms with Gasteiger partial charge in [-0.15, -0.1) is 0 Å². The number of hydrogen-bond donors (Lipinski definition) is 0. The van der Waals surface area contributed by atoms with Gasteiger partial charge in [0.05, 0.1) is 36.1 Å². The van der Waals surface area contributed by atoms with E-state index >= 15 is 0 Å². The first-order valence-electron chi connectivity index (χ1n) is 5.17. The fraction of sp³-hybridized carbons (Fsp3) is 0.308. The number of esters is 1. The van der Waals surface area contributed by atoms with Crippen molar-refractivity contribution in [3.63, 3.8) is 0 Å². The topological polar surface area (TPSA) is 73.9 Å². The zero-order valence-electron chi connectivity index (χ0n) is 9.30. The Bertz CT molecular complexity index is 553. The molecule has 4 nitrogen and oxygen atoms in total. The third-order valence-corrected chi connectivity index (χ3v) is 3.15. The normalized spacial score (nSPS) is 25.5. The molecule has 4 heteroatoms. The first kappa shape index (κ1) is 11.2. The van der Waals surface area contributed by atoms with E-state index in [0.717, 1.165) is 5.56 Å². The summed E-state index contributed by atoms with van der Waals surface area (Å²) in [5.41, 5.74) is 0.405. The van der Waals surface area contributed by atoms with Gasteiger partial charge in [-0.05, 0) is 24.1 Å². The molecule has 2 atom stereocenters. The molecule has 1 saturated carbocycles. The van der Waals surface area contributed by atoms with Crippen molar-refractivity contribution in [3.05, 3.63) is 35.4 Å². The fourth-order valence-electron chi connectivity index (χ4n) is 2.06. The number of ether oxygens (including phenoxy) is 1. The van der Waals surface area contributed by atoms with Crippen LogP contribution >= 0.6 is 0 Å². The monoisotopic (exact) mass is 226 g/mol. The van der Waals surface area contributed by atoms with Gasteiger partial charge < -0.3 is 4.74 Å². The van der Waals surface area contributed by atoms with E-state index in [2.05, 4.69) is 10.8 Å². The Morgan fingerprint density at radius 1 is 1.53 bits per heavy atom. The Balaban J connectivity index is 2.37. The van der Waals surface area contributed by atoms with Gasteiger partial charge in [0.15, 0.2) is 0 Å². The average Bonchev–Trinajstić information content (AvgIpc) is 3.14. The number of nitriles is 2. The highest BCUT2D eigenvalue weighted by Crippen LogP contribution is 2.54. The van der Waals surface area contributed by atoms with Crippen LogP contribution in [0.4, 0.5) is 0 Å². The molecule has 84 valence electrons. The molecular formula is C13H10N2O2. The molecule has 0 aromatic heterocycles. The van der Waals surface area contributed by atoms with Crippen LogP contribution in [-0.2, 0) is 14.9 Å². The van der Waals surface area contributed by atoms with Crippen LogP contribution < -0.4 is 0 Å². The summed E-state index contributed by atoms with van der Waals surface area (Å²) in [5.74, 6) is -0.777. The zero-order valence-corrected chi connectivity index (χ0v) is 9.30. The van der Waals surface area contributed by atoms with Crippen molar-refractivity contribution in [2.75, 3.05) is 7.11 Å². The van der Waals surface area contributed by atoms with E-state index in [4.69, 9.17) is 5.26 Å². The third-order valence-electron chi connectivity index (χ3n) is 3.15. The summed E-state index contributed by atoms with van der Waals surface area (Å²) in [7, 11) is 1.31. The van der Waals surface area contributed by atoms with Gasteiger partial charge in [-0.1, -0.05) is 12.1 Å². The highest BCUT2D eigenvalue weighted by Gasteiger charge is 2.61. The van der Waals surface area contributed by atoms with E-state index in [1.807, 2.05) is 6.07 Å². The summed E-state index contributed by atoms with van der Waals surface area (Å²) in [6.07, 6.45) is 0.463. The lowest BCUT2D eigenvalue weighted by Gasteiger charge is -2.08. The van der Waals surface area contributed by atoms with Crippen molar-refractivity contribution in [1.82, 2.24) is 0 Å². The molecule has 17 heavy (non-hydrogen) atoms. The maximum atomic E-state index is 11.4. The first-order chi connectivity index (χ1) is 8.17. The first-order valence-corrected chi connectivity index (χ1v) is 5.17. The van der Waals surface area contributed by atoms with Crippen LogP contribution in [0.25, 0.3) is 0 Å². The van der Waals surface area contributed by atoms with Gasteiger partial charge in [-0.25, -0.2) is 0 Å². The molecule has 0 aliphatic heterocycles. The van der Waals surface area contributed by atoms with Gasteiger partial charge in [0.25, 0.3) is 0 Å². The van der Waals surface area contributed by atoms with Gasteiger partial charge in [0.2, 0.25) is 0 Å². The van der Waals surface area contributed by atoms with E-state index in [1.165, 1.54) is 7.11 Å². The van der Waals surface area contributed by atoms with Crippen LogP contribution in [0.3, 0.4) is 0 Å². The summed E-state index contributed by atoms with van der Waals surface area (Å²) in [6, 6.07) is 11.0. The minimum atomic E-state index is -0.806. The van der Waals surface area contributed by atoms with E-state index in [1.54, 1.807) is 24.3 Å². The van der Waals surface area contributed by atoms with E-state index in [0.29, 0.717) is 12.0 Å². The Morgan fingerprint density at radius 2 is 2.29 bits per heavy atom. The molecule has 1 fully saturated rings. The molecule has 0 heterocycles. The second-order valence-corrected chi connectivity index (χ2v) is 4.06. The molecule has 0 spiro atoms. The van der Waals surface area contributed by atoms with Crippen LogP contribution in [0.1, 0.15) is 17.5 Å². The maximum Gasteiger partial charge on any atom is 0.310 e. The smallest absolute Gasteiger partial charge is 0.310 e. The van der Waals surface area contributed by atoms with Gasteiger partial charge in [-0.2, -0.15) is 10.5 Å². The number of rotatable bonds is 2.